The number of nitrogens with zero attached hydrogens (tertiary/aromatic N) is 1. The summed E-state index contributed by atoms with van der Waals surface area (Å²) in [6.07, 6.45) is 0.690. The molecule has 1 aromatic heterocycles. The summed E-state index contributed by atoms with van der Waals surface area (Å²) >= 11 is 1.16. The Kier molecular flexibility index (Phi) is 5.05. The Hall–Kier alpha value is -1.47. The number of carboxylic acid groups (broad SMARTS) is 2. The molecule has 7 heteroatoms. The van der Waals surface area contributed by atoms with Gasteiger partial charge in [-0.25, -0.2) is 9.78 Å². The Morgan fingerprint density at radius 2 is 2.06 bits per heavy atom. The second kappa shape index (κ2) is 6.31. The molecule has 0 aliphatic heterocycles. The molecule has 3 N–H and O–H groups in total. The van der Waals surface area contributed by atoms with Crippen molar-refractivity contribution in [3.63, 3.8) is 0 Å². The molecule has 1 aromatic rings. The molecular weight excluding hydrogens is 244 g/mol. The smallest absolute Gasteiger partial charge is 0.347 e. The first-order valence-electron chi connectivity index (χ1n) is 5.13. The van der Waals surface area contributed by atoms with Gasteiger partial charge in [-0.1, -0.05) is 0 Å². The number of hydrogen-bond donors (Lipinski definition) is 3. The molecule has 0 fully saturated rings. The van der Waals surface area contributed by atoms with Crippen LogP contribution in [-0.4, -0.2) is 40.2 Å². The molecule has 0 amide bonds. The third kappa shape index (κ3) is 4.49. The van der Waals surface area contributed by atoms with Crippen molar-refractivity contribution in [2.24, 2.45) is 0 Å². The normalized spacial score (nSPS) is 10.4. The van der Waals surface area contributed by atoms with Crippen molar-refractivity contribution in [3.8, 4) is 0 Å². The summed E-state index contributed by atoms with van der Waals surface area (Å²) in [7, 11) is 0. The minimum Gasteiger partial charge on any atom is -0.481 e. The number of thiazole rings is 1. The van der Waals surface area contributed by atoms with Gasteiger partial charge in [0.2, 0.25) is 0 Å². The lowest BCUT2D eigenvalue weighted by molar-refractivity contribution is -0.136. The molecule has 0 spiro atoms. The number of aliphatic carboxylic acids is 1. The highest BCUT2D eigenvalue weighted by Gasteiger charge is 2.13. The molecule has 0 aliphatic carbocycles. The average molecular weight is 258 g/mol. The van der Waals surface area contributed by atoms with Crippen LogP contribution >= 0.6 is 11.3 Å². The van der Waals surface area contributed by atoms with E-state index < -0.39 is 11.9 Å². The van der Waals surface area contributed by atoms with Crippen molar-refractivity contribution in [2.45, 2.75) is 19.8 Å². The maximum atomic E-state index is 10.8. The molecule has 0 unspecified atom stereocenters. The molecule has 0 bridgehead atoms. The number of hydrogen-bond acceptors (Lipinski definition) is 5. The predicted molar refractivity (Wildman–Crippen MR) is 62.6 cm³/mol. The number of aromatic nitrogens is 1. The second-order valence-electron chi connectivity index (χ2n) is 3.47. The van der Waals surface area contributed by atoms with Gasteiger partial charge in [0.25, 0.3) is 0 Å². The quantitative estimate of drug-likeness (QED) is 0.624. The molecule has 0 atom stereocenters. The van der Waals surface area contributed by atoms with Crippen LogP contribution in [0, 0.1) is 6.92 Å². The van der Waals surface area contributed by atoms with Crippen LogP contribution in [0.15, 0.2) is 0 Å². The monoisotopic (exact) mass is 258 g/mol. The van der Waals surface area contributed by atoms with E-state index in [-0.39, 0.29) is 11.3 Å². The third-order valence-corrected chi connectivity index (χ3v) is 3.27. The number of carboxylic acids is 2. The Morgan fingerprint density at radius 3 is 2.59 bits per heavy atom. The first-order valence-corrected chi connectivity index (χ1v) is 5.94. The highest BCUT2D eigenvalue weighted by Crippen LogP contribution is 2.17. The summed E-state index contributed by atoms with van der Waals surface area (Å²) in [5, 5.41) is 21.0. The predicted octanol–water partition coefficient (Wildman–Crippen LogP) is 0.757. The zero-order valence-corrected chi connectivity index (χ0v) is 10.2. The van der Waals surface area contributed by atoms with E-state index in [0.717, 1.165) is 16.3 Å². The molecule has 94 valence electrons. The van der Waals surface area contributed by atoms with E-state index in [1.54, 1.807) is 6.92 Å². The summed E-state index contributed by atoms with van der Waals surface area (Å²) in [6.45, 7) is 2.67. The standard InChI is InChI=1S/C10H14N2O4S/c1-6-9(10(15)16)17-7(12-6)2-4-11-5-3-8(13)14/h11H,2-5H2,1H3,(H,13,14)(H,15,16). The van der Waals surface area contributed by atoms with Crippen LogP contribution < -0.4 is 5.32 Å². The second-order valence-corrected chi connectivity index (χ2v) is 4.55. The first kappa shape index (κ1) is 13.6. The minimum atomic E-state index is -0.954. The Balaban J connectivity index is 2.35. The maximum absolute atomic E-state index is 10.8. The lowest BCUT2D eigenvalue weighted by atomic mass is 10.4. The maximum Gasteiger partial charge on any atom is 0.347 e. The molecule has 17 heavy (non-hydrogen) atoms. The molecule has 1 rings (SSSR count). The van der Waals surface area contributed by atoms with Crippen LogP contribution in [0.3, 0.4) is 0 Å². The van der Waals surface area contributed by atoms with Gasteiger partial charge >= 0.3 is 11.9 Å². The van der Waals surface area contributed by atoms with Gasteiger partial charge in [0.05, 0.1) is 17.1 Å². The van der Waals surface area contributed by atoms with E-state index in [1.165, 1.54) is 0 Å². The molecule has 0 saturated heterocycles. The number of aryl methyl sites for hydroxylation is 1. The number of rotatable bonds is 7. The summed E-state index contributed by atoms with van der Waals surface area (Å²) < 4.78 is 0. The van der Waals surface area contributed by atoms with Crippen molar-refractivity contribution in [1.29, 1.82) is 0 Å². The van der Waals surface area contributed by atoms with Crippen molar-refractivity contribution in [1.82, 2.24) is 10.3 Å². The van der Waals surface area contributed by atoms with E-state index in [1.807, 2.05) is 0 Å². The summed E-state index contributed by atoms with van der Waals surface area (Å²) in [6, 6.07) is 0. The largest absolute Gasteiger partial charge is 0.481 e. The van der Waals surface area contributed by atoms with Gasteiger partial charge in [0.15, 0.2) is 0 Å². The molecule has 0 aliphatic rings. The fraction of sp³-hybridized carbons (Fsp3) is 0.500. The highest BCUT2D eigenvalue weighted by atomic mass is 32.1. The summed E-state index contributed by atoms with van der Waals surface area (Å²) in [5.74, 6) is -1.79. The fourth-order valence-corrected chi connectivity index (χ4v) is 2.18. The van der Waals surface area contributed by atoms with E-state index in [9.17, 15) is 9.59 Å². The van der Waals surface area contributed by atoms with E-state index >= 15 is 0 Å². The van der Waals surface area contributed by atoms with Crippen LogP contribution in [-0.2, 0) is 11.2 Å². The van der Waals surface area contributed by atoms with E-state index in [2.05, 4.69) is 10.3 Å². The van der Waals surface area contributed by atoms with E-state index in [0.29, 0.717) is 25.2 Å². The van der Waals surface area contributed by atoms with Gasteiger partial charge in [-0.05, 0) is 6.92 Å². The molecule has 0 saturated carbocycles. The zero-order valence-electron chi connectivity index (χ0n) is 9.39. The Labute approximate surface area is 102 Å². The van der Waals surface area contributed by atoms with Gasteiger partial charge < -0.3 is 15.5 Å². The molecule has 0 aromatic carbocycles. The summed E-state index contributed by atoms with van der Waals surface area (Å²) in [5.41, 5.74) is 0.531. The Bertz CT molecular complexity index is 416. The number of carbonyl (C=O) groups is 2. The molecule has 0 radical (unpaired) electrons. The minimum absolute atomic E-state index is 0.0806. The zero-order chi connectivity index (χ0) is 12.8. The van der Waals surface area contributed by atoms with Crippen molar-refractivity contribution >= 4 is 23.3 Å². The number of aromatic carboxylic acids is 1. The third-order valence-electron chi connectivity index (χ3n) is 2.07. The lowest BCUT2D eigenvalue weighted by Gasteiger charge is -1.99. The van der Waals surface area contributed by atoms with Crippen LogP contribution in [0.25, 0.3) is 0 Å². The molecule has 1 heterocycles. The van der Waals surface area contributed by atoms with Crippen LogP contribution in [0.5, 0.6) is 0 Å². The van der Waals surface area contributed by atoms with Crippen LogP contribution in [0.1, 0.15) is 26.8 Å². The van der Waals surface area contributed by atoms with E-state index in [4.69, 9.17) is 10.2 Å². The SMILES string of the molecule is Cc1nc(CCNCCC(=O)O)sc1C(=O)O. The fourth-order valence-electron chi connectivity index (χ4n) is 1.27. The van der Waals surface area contributed by atoms with Gasteiger partial charge in [-0.3, -0.25) is 4.79 Å². The Morgan fingerprint density at radius 1 is 1.35 bits per heavy atom. The molecule has 6 nitrogen and oxygen atoms in total. The van der Waals surface area contributed by atoms with Gasteiger partial charge in [-0.2, -0.15) is 0 Å². The lowest BCUT2D eigenvalue weighted by Crippen LogP contribution is -2.20. The first-order chi connectivity index (χ1) is 8.00. The topological polar surface area (TPSA) is 99.5 Å². The van der Waals surface area contributed by atoms with Gasteiger partial charge in [0, 0.05) is 19.5 Å². The average Bonchev–Trinajstić information content (AvgIpc) is 2.59. The van der Waals surface area contributed by atoms with Crippen molar-refractivity contribution < 1.29 is 19.8 Å². The van der Waals surface area contributed by atoms with Crippen LogP contribution in [0.4, 0.5) is 0 Å². The van der Waals surface area contributed by atoms with Gasteiger partial charge in [0.1, 0.15) is 4.88 Å². The summed E-state index contributed by atoms with van der Waals surface area (Å²) in [4.78, 5) is 25.4. The highest BCUT2D eigenvalue weighted by molar-refractivity contribution is 7.13. The van der Waals surface area contributed by atoms with Crippen molar-refractivity contribution in [2.75, 3.05) is 13.1 Å². The van der Waals surface area contributed by atoms with Crippen LogP contribution in [0.2, 0.25) is 0 Å². The number of nitrogens with one attached hydrogen (secondary N) is 1. The van der Waals surface area contributed by atoms with Crippen molar-refractivity contribution in [3.05, 3.63) is 15.6 Å². The van der Waals surface area contributed by atoms with Gasteiger partial charge in [-0.15, -0.1) is 11.3 Å². The molecular formula is C10H14N2O4S.